The van der Waals surface area contributed by atoms with Crippen molar-refractivity contribution in [1.82, 2.24) is 4.98 Å². The van der Waals surface area contributed by atoms with Crippen molar-refractivity contribution in [3.8, 4) is 11.5 Å². The minimum atomic E-state index is -0.523. The molecule has 0 spiro atoms. The topological polar surface area (TPSA) is 102 Å². The Balaban J connectivity index is 1.61. The van der Waals surface area contributed by atoms with Crippen LogP contribution in [0.1, 0.15) is 12.6 Å². The highest BCUT2D eigenvalue weighted by Crippen LogP contribution is 2.28. The minimum absolute atomic E-state index is 0.0102. The molecule has 2 aromatic heterocycles. The number of anilines is 1. The number of hydrogen-bond acceptors (Lipinski definition) is 7. The number of amides is 1. The van der Waals surface area contributed by atoms with Crippen LogP contribution in [0.15, 0.2) is 51.0 Å². The van der Waals surface area contributed by atoms with Crippen LogP contribution < -0.4 is 15.7 Å². The lowest BCUT2D eigenvalue weighted by Crippen LogP contribution is -2.05. The van der Waals surface area contributed by atoms with Gasteiger partial charge in [-0.2, -0.15) is 0 Å². The van der Waals surface area contributed by atoms with Crippen molar-refractivity contribution >= 4 is 44.1 Å². The first-order chi connectivity index (χ1) is 13.0. The van der Waals surface area contributed by atoms with Crippen molar-refractivity contribution in [2.45, 2.75) is 13.5 Å². The van der Waals surface area contributed by atoms with E-state index in [0.717, 1.165) is 5.39 Å². The largest absolute Gasteiger partial charge is 0.508 e. The molecule has 2 heterocycles. The van der Waals surface area contributed by atoms with Crippen LogP contribution in [-0.2, 0) is 11.4 Å². The molecule has 136 valence electrons. The highest BCUT2D eigenvalue weighted by Gasteiger charge is 2.10. The number of aromatic nitrogens is 1. The maximum absolute atomic E-state index is 12.2. The van der Waals surface area contributed by atoms with Crippen LogP contribution in [0.5, 0.6) is 11.5 Å². The van der Waals surface area contributed by atoms with Gasteiger partial charge in [0.2, 0.25) is 5.91 Å². The monoisotopic (exact) mass is 382 g/mol. The van der Waals surface area contributed by atoms with E-state index in [9.17, 15) is 14.7 Å². The Morgan fingerprint density at radius 2 is 2.04 bits per heavy atom. The maximum Gasteiger partial charge on any atom is 0.344 e. The molecular weight excluding hydrogens is 368 g/mol. The van der Waals surface area contributed by atoms with Gasteiger partial charge < -0.3 is 19.6 Å². The molecule has 0 saturated carbocycles. The van der Waals surface area contributed by atoms with E-state index in [-0.39, 0.29) is 18.3 Å². The molecule has 0 unspecified atom stereocenters. The summed E-state index contributed by atoms with van der Waals surface area (Å²) in [5.74, 6) is 0.357. The third kappa shape index (κ3) is 3.47. The van der Waals surface area contributed by atoms with Crippen LogP contribution in [0.3, 0.4) is 0 Å². The maximum atomic E-state index is 12.2. The van der Waals surface area contributed by atoms with E-state index in [1.54, 1.807) is 29.6 Å². The van der Waals surface area contributed by atoms with Gasteiger partial charge in [-0.1, -0.05) is 0 Å². The third-order valence-electron chi connectivity index (χ3n) is 3.89. The zero-order valence-electron chi connectivity index (χ0n) is 14.2. The van der Waals surface area contributed by atoms with Gasteiger partial charge in [-0.3, -0.25) is 4.79 Å². The van der Waals surface area contributed by atoms with Crippen molar-refractivity contribution in [1.29, 1.82) is 0 Å². The smallest absolute Gasteiger partial charge is 0.344 e. The molecule has 0 bridgehead atoms. The summed E-state index contributed by atoms with van der Waals surface area (Å²) in [7, 11) is 0. The summed E-state index contributed by atoms with van der Waals surface area (Å²) in [6.07, 6.45) is 0. The van der Waals surface area contributed by atoms with Gasteiger partial charge in [-0.15, -0.1) is 11.3 Å². The van der Waals surface area contributed by atoms with Gasteiger partial charge in [0.05, 0.1) is 11.1 Å². The van der Waals surface area contributed by atoms with Crippen LogP contribution in [0.25, 0.3) is 21.7 Å². The molecule has 27 heavy (non-hydrogen) atoms. The van der Waals surface area contributed by atoms with Gasteiger partial charge in [0.25, 0.3) is 0 Å². The summed E-state index contributed by atoms with van der Waals surface area (Å²) < 4.78 is 11.1. The summed E-state index contributed by atoms with van der Waals surface area (Å²) in [4.78, 5) is 27.5. The first kappa shape index (κ1) is 17.0. The molecule has 0 radical (unpaired) electrons. The Labute approximate surface area is 156 Å². The lowest BCUT2D eigenvalue weighted by Gasteiger charge is -2.07. The first-order valence-electron chi connectivity index (χ1n) is 8.04. The van der Waals surface area contributed by atoms with Crippen molar-refractivity contribution in [3.63, 3.8) is 0 Å². The fourth-order valence-corrected chi connectivity index (χ4v) is 3.47. The second kappa shape index (κ2) is 6.73. The molecule has 0 aliphatic rings. The SMILES string of the molecule is CC(=O)Nc1nc(COc2ccc3c(c2)oc(=O)c2cc(O)ccc23)cs1. The molecule has 4 rings (SSSR count). The minimum Gasteiger partial charge on any atom is -0.508 e. The zero-order valence-corrected chi connectivity index (χ0v) is 15.0. The molecular formula is C19H14N2O5S. The molecule has 8 heteroatoms. The highest BCUT2D eigenvalue weighted by molar-refractivity contribution is 7.13. The van der Waals surface area contributed by atoms with Crippen molar-refractivity contribution in [3.05, 3.63) is 57.9 Å². The zero-order chi connectivity index (χ0) is 19.0. The molecule has 0 aliphatic heterocycles. The van der Waals surface area contributed by atoms with E-state index < -0.39 is 5.63 Å². The quantitative estimate of drug-likeness (QED) is 0.413. The number of benzene rings is 2. The van der Waals surface area contributed by atoms with Crippen molar-refractivity contribution in [2.75, 3.05) is 5.32 Å². The molecule has 2 N–H and O–H groups in total. The lowest BCUT2D eigenvalue weighted by atomic mass is 10.1. The number of thiazole rings is 1. The van der Waals surface area contributed by atoms with E-state index in [0.29, 0.717) is 32.9 Å². The number of ether oxygens (including phenoxy) is 1. The number of phenols is 1. The predicted octanol–water partition coefficient (Wildman–Crippen LogP) is 3.65. The molecule has 0 atom stereocenters. The normalized spacial score (nSPS) is 11.0. The van der Waals surface area contributed by atoms with Crippen LogP contribution in [0.2, 0.25) is 0 Å². The van der Waals surface area contributed by atoms with Gasteiger partial charge in [-0.05, 0) is 30.3 Å². The van der Waals surface area contributed by atoms with E-state index in [2.05, 4.69) is 10.3 Å². The Morgan fingerprint density at radius 3 is 2.85 bits per heavy atom. The average Bonchev–Trinajstić information content (AvgIpc) is 3.06. The standard InChI is InChI=1S/C19H14N2O5S/c1-10(22)20-19-21-11(9-27-19)8-25-13-3-5-15-14-4-2-12(23)6-16(14)18(24)26-17(15)7-13/h2-7,9,23H,8H2,1H3,(H,20,21,22). The van der Waals surface area contributed by atoms with E-state index >= 15 is 0 Å². The molecule has 0 fully saturated rings. The Morgan fingerprint density at radius 1 is 1.22 bits per heavy atom. The summed E-state index contributed by atoms with van der Waals surface area (Å²) in [6.45, 7) is 1.64. The van der Waals surface area contributed by atoms with Crippen LogP contribution >= 0.6 is 11.3 Å². The molecule has 0 aliphatic carbocycles. The predicted molar refractivity (Wildman–Crippen MR) is 102 cm³/mol. The molecule has 2 aromatic carbocycles. The summed E-state index contributed by atoms with van der Waals surface area (Å²) in [5.41, 5.74) is 0.553. The fraction of sp³-hybridized carbons (Fsp3) is 0.105. The van der Waals surface area contributed by atoms with E-state index in [1.807, 2.05) is 0 Å². The fourth-order valence-electron chi connectivity index (χ4n) is 2.73. The molecule has 0 saturated heterocycles. The molecule has 4 aromatic rings. The molecule has 1 amide bonds. The van der Waals surface area contributed by atoms with Gasteiger partial charge >= 0.3 is 5.63 Å². The second-order valence-electron chi connectivity index (χ2n) is 5.89. The van der Waals surface area contributed by atoms with Crippen LogP contribution in [0, 0.1) is 0 Å². The average molecular weight is 382 g/mol. The van der Waals surface area contributed by atoms with Crippen LogP contribution in [-0.4, -0.2) is 16.0 Å². The van der Waals surface area contributed by atoms with E-state index in [1.165, 1.54) is 30.4 Å². The summed E-state index contributed by atoms with van der Waals surface area (Å²) >= 11 is 1.32. The van der Waals surface area contributed by atoms with E-state index in [4.69, 9.17) is 9.15 Å². The summed E-state index contributed by atoms with van der Waals surface area (Å²) in [6, 6.07) is 9.82. The van der Waals surface area contributed by atoms with Gasteiger partial charge in [0, 0.05) is 29.1 Å². The van der Waals surface area contributed by atoms with Gasteiger partial charge in [0.15, 0.2) is 5.13 Å². The number of nitrogens with one attached hydrogen (secondary N) is 1. The number of hydrogen-bond donors (Lipinski definition) is 2. The number of rotatable bonds is 4. The number of aromatic hydroxyl groups is 1. The van der Waals surface area contributed by atoms with Crippen molar-refractivity contribution < 1.29 is 19.1 Å². The molecule has 7 nitrogen and oxygen atoms in total. The number of carbonyl (C=O) groups excluding carboxylic acids is 1. The summed E-state index contributed by atoms with van der Waals surface area (Å²) in [5, 5.41) is 16.3. The van der Waals surface area contributed by atoms with Gasteiger partial charge in [0.1, 0.15) is 23.7 Å². The second-order valence-corrected chi connectivity index (χ2v) is 6.75. The van der Waals surface area contributed by atoms with Gasteiger partial charge in [-0.25, -0.2) is 9.78 Å². The Hall–Kier alpha value is -3.39. The highest BCUT2D eigenvalue weighted by atomic mass is 32.1. The lowest BCUT2D eigenvalue weighted by molar-refractivity contribution is -0.114. The number of phenolic OH excluding ortho intramolecular Hbond substituents is 1. The first-order valence-corrected chi connectivity index (χ1v) is 8.92. The third-order valence-corrected chi connectivity index (χ3v) is 4.70. The number of nitrogens with zero attached hydrogens (tertiary/aromatic N) is 1. The van der Waals surface area contributed by atoms with Crippen molar-refractivity contribution in [2.24, 2.45) is 0 Å². The Bertz CT molecular complexity index is 1230. The van der Waals surface area contributed by atoms with Crippen LogP contribution in [0.4, 0.5) is 5.13 Å². The number of fused-ring (bicyclic) bond motifs is 3. The number of carbonyl (C=O) groups is 1. The Kier molecular flexibility index (Phi) is 4.25.